The zero-order valence-corrected chi connectivity index (χ0v) is 18.3. The van der Waals surface area contributed by atoms with E-state index < -0.39 is 11.9 Å². The molecule has 0 aliphatic rings. The van der Waals surface area contributed by atoms with Crippen molar-refractivity contribution >= 4 is 23.9 Å². The summed E-state index contributed by atoms with van der Waals surface area (Å²) in [5.41, 5.74) is 9.06. The third-order valence-corrected chi connectivity index (χ3v) is 4.69. The molecule has 0 radical (unpaired) electrons. The van der Waals surface area contributed by atoms with E-state index in [0.29, 0.717) is 17.8 Å². The lowest BCUT2D eigenvalue weighted by Gasteiger charge is -2.21. The predicted molar refractivity (Wildman–Crippen MR) is 118 cm³/mol. The maximum absolute atomic E-state index is 12.9. The van der Waals surface area contributed by atoms with Gasteiger partial charge in [0.05, 0.1) is 17.5 Å². The Morgan fingerprint density at radius 2 is 1.97 bits per heavy atom. The second kappa shape index (κ2) is 10.9. The predicted octanol–water partition coefficient (Wildman–Crippen LogP) is 1.32. The lowest BCUT2D eigenvalue weighted by molar-refractivity contribution is 0.0696. The number of hydrazone groups is 1. The summed E-state index contributed by atoms with van der Waals surface area (Å²) in [5.74, 6) is -1.58. The molecule has 3 aromatic rings. The van der Waals surface area contributed by atoms with Crippen LogP contribution in [0.15, 0.2) is 34.0 Å². The van der Waals surface area contributed by atoms with Crippen LogP contribution < -0.4 is 11.2 Å². The van der Waals surface area contributed by atoms with Crippen LogP contribution in [0.4, 0.5) is 5.82 Å². The van der Waals surface area contributed by atoms with E-state index >= 15 is 0 Å². The zero-order chi connectivity index (χ0) is 23.8. The van der Waals surface area contributed by atoms with Gasteiger partial charge in [-0.05, 0) is 42.3 Å². The molecule has 1 aromatic carbocycles. The highest BCUT2D eigenvalue weighted by Crippen LogP contribution is 2.18. The Kier molecular flexibility index (Phi) is 7.81. The van der Waals surface area contributed by atoms with Crippen molar-refractivity contribution in [2.24, 2.45) is 5.10 Å². The maximum atomic E-state index is 12.9. The highest BCUT2D eigenvalue weighted by molar-refractivity contribution is 5.99. The molecule has 2 heterocycles. The molecular formula is C20H25N9O4. The fraction of sp³-hybridized carbons (Fsp3) is 0.350. The summed E-state index contributed by atoms with van der Waals surface area (Å²) in [6, 6.07) is 6.30. The number of hydrogen-bond donors (Lipinski definition) is 3. The number of hydrogen-bond acceptors (Lipinski definition) is 10. The fourth-order valence-electron chi connectivity index (χ4n) is 3.26. The van der Waals surface area contributed by atoms with Crippen molar-refractivity contribution in [3.63, 3.8) is 0 Å². The minimum Gasteiger partial charge on any atom is -0.478 e. The molecule has 1 amide bonds. The van der Waals surface area contributed by atoms with Crippen LogP contribution in [0.3, 0.4) is 0 Å². The minimum atomic E-state index is -1.10. The summed E-state index contributed by atoms with van der Waals surface area (Å²) in [7, 11) is 0. The van der Waals surface area contributed by atoms with Crippen molar-refractivity contribution in [2.45, 2.75) is 33.2 Å². The topological polar surface area (TPSA) is 178 Å². The van der Waals surface area contributed by atoms with Crippen molar-refractivity contribution in [1.29, 1.82) is 0 Å². The van der Waals surface area contributed by atoms with Crippen molar-refractivity contribution in [1.82, 2.24) is 35.6 Å². The van der Waals surface area contributed by atoms with Gasteiger partial charge in [0.15, 0.2) is 5.69 Å². The van der Waals surface area contributed by atoms with Gasteiger partial charge in [0, 0.05) is 12.1 Å². The Morgan fingerprint density at radius 3 is 2.61 bits per heavy atom. The van der Waals surface area contributed by atoms with Crippen molar-refractivity contribution < 1.29 is 19.3 Å². The second-order valence-electron chi connectivity index (χ2n) is 7.14. The molecule has 0 saturated carbocycles. The SMILES string of the molecule is CCCN(CCC)Cc1c(C(=O)N/N=C/c2ccccc2C(=O)O)nnn1-c1nonc1N. The van der Waals surface area contributed by atoms with Crippen LogP contribution >= 0.6 is 0 Å². The number of nitrogen functional groups attached to an aromatic ring is 1. The van der Waals surface area contributed by atoms with Gasteiger partial charge in [-0.3, -0.25) is 9.69 Å². The standard InChI is InChI=1S/C20H25N9O4/c1-3-9-28(10-4-2)12-15-16(23-27-29(15)18-17(21)25-33-26-18)19(30)24-22-11-13-7-5-6-8-14(13)20(31)32/h5-8,11H,3-4,9-10,12H2,1-2H3,(H2,21,25)(H,24,30)(H,31,32)/b22-11+. The van der Waals surface area contributed by atoms with Gasteiger partial charge in [-0.1, -0.05) is 37.3 Å². The van der Waals surface area contributed by atoms with E-state index in [9.17, 15) is 14.7 Å². The van der Waals surface area contributed by atoms with Gasteiger partial charge in [-0.25, -0.2) is 14.8 Å². The van der Waals surface area contributed by atoms with E-state index in [-0.39, 0.29) is 22.9 Å². The Bertz CT molecular complexity index is 1130. The Labute approximate surface area is 189 Å². The van der Waals surface area contributed by atoms with Gasteiger partial charge in [0.25, 0.3) is 5.91 Å². The summed E-state index contributed by atoms with van der Waals surface area (Å²) in [5, 5.41) is 28.5. The first-order chi connectivity index (χ1) is 16.0. The van der Waals surface area contributed by atoms with E-state index in [0.717, 1.165) is 25.9 Å². The van der Waals surface area contributed by atoms with Crippen molar-refractivity contribution in [3.05, 3.63) is 46.8 Å². The van der Waals surface area contributed by atoms with E-state index in [1.54, 1.807) is 18.2 Å². The number of nitrogens with two attached hydrogens (primary N) is 1. The normalized spacial score (nSPS) is 11.4. The van der Waals surface area contributed by atoms with Crippen molar-refractivity contribution in [2.75, 3.05) is 18.8 Å². The first-order valence-electron chi connectivity index (χ1n) is 10.4. The molecule has 0 saturated heterocycles. The number of carbonyl (C=O) groups is 2. The second-order valence-corrected chi connectivity index (χ2v) is 7.14. The van der Waals surface area contributed by atoms with E-state index in [1.165, 1.54) is 17.0 Å². The summed E-state index contributed by atoms with van der Waals surface area (Å²) >= 11 is 0. The Balaban J connectivity index is 1.88. The Hall–Kier alpha value is -4.13. The fourth-order valence-corrected chi connectivity index (χ4v) is 3.26. The number of nitrogens with one attached hydrogen (secondary N) is 1. The summed E-state index contributed by atoms with van der Waals surface area (Å²) in [6.45, 7) is 6.09. The number of carbonyl (C=O) groups excluding carboxylic acids is 1. The molecule has 4 N–H and O–H groups in total. The van der Waals surface area contributed by atoms with Crippen molar-refractivity contribution in [3.8, 4) is 5.82 Å². The number of amides is 1. The number of aromatic nitrogens is 5. The molecule has 2 aromatic heterocycles. The van der Waals surface area contributed by atoms with Gasteiger partial charge in [0.2, 0.25) is 11.6 Å². The molecule has 0 bridgehead atoms. The van der Waals surface area contributed by atoms with Crippen LogP contribution in [0, 0.1) is 0 Å². The molecule has 0 unspecified atom stereocenters. The maximum Gasteiger partial charge on any atom is 0.336 e. The Morgan fingerprint density at radius 1 is 1.24 bits per heavy atom. The molecule has 0 spiro atoms. The van der Waals surface area contributed by atoms with Crippen LogP contribution in [0.2, 0.25) is 0 Å². The quantitative estimate of drug-likeness (QED) is 0.282. The van der Waals surface area contributed by atoms with Gasteiger partial charge in [0.1, 0.15) is 0 Å². The number of nitrogens with zero attached hydrogens (tertiary/aromatic N) is 7. The van der Waals surface area contributed by atoms with Crippen LogP contribution in [0.25, 0.3) is 5.82 Å². The summed E-state index contributed by atoms with van der Waals surface area (Å²) < 4.78 is 5.99. The van der Waals surface area contributed by atoms with Gasteiger partial charge in [-0.15, -0.1) is 5.10 Å². The number of rotatable bonds is 11. The summed E-state index contributed by atoms with van der Waals surface area (Å²) in [4.78, 5) is 26.4. The average molecular weight is 455 g/mol. The molecule has 174 valence electrons. The number of anilines is 1. The van der Waals surface area contributed by atoms with E-state index in [2.05, 4.69) is 54.5 Å². The monoisotopic (exact) mass is 455 g/mol. The molecule has 13 heteroatoms. The number of carboxylic acid groups (broad SMARTS) is 1. The zero-order valence-electron chi connectivity index (χ0n) is 18.3. The lowest BCUT2D eigenvalue weighted by atomic mass is 10.1. The van der Waals surface area contributed by atoms with E-state index in [1.807, 2.05) is 0 Å². The highest BCUT2D eigenvalue weighted by Gasteiger charge is 2.25. The minimum absolute atomic E-state index is 0.00828. The largest absolute Gasteiger partial charge is 0.478 e. The number of aromatic carboxylic acids is 1. The van der Waals surface area contributed by atoms with Crippen LogP contribution in [0.5, 0.6) is 0 Å². The van der Waals surface area contributed by atoms with E-state index in [4.69, 9.17) is 5.73 Å². The molecule has 33 heavy (non-hydrogen) atoms. The smallest absolute Gasteiger partial charge is 0.336 e. The lowest BCUT2D eigenvalue weighted by Crippen LogP contribution is -2.28. The molecular weight excluding hydrogens is 430 g/mol. The molecule has 0 fully saturated rings. The van der Waals surface area contributed by atoms with Crippen LogP contribution in [0.1, 0.15) is 58.8 Å². The van der Waals surface area contributed by atoms with Gasteiger partial charge < -0.3 is 10.8 Å². The number of carboxylic acids is 1. The third kappa shape index (κ3) is 5.57. The first kappa shape index (κ1) is 23.5. The molecule has 3 rings (SSSR count). The third-order valence-electron chi connectivity index (χ3n) is 4.69. The number of benzene rings is 1. The molecule has 0 aliphatic carbocycles. The highest BCUT2D eigenvalue weighted by atomic mass is 16.6. The first-order valence-corrected chi connectivity index (χ1v) is 10.4. The van der Waals surface area contributed by atoms with Gasteiger partial charge in [-0.2, -0.15) is 9.78 Å². The average Bonchev–Trinajstić information content (AvgIpc) is 3.40. The molecule has 0 atom stereocenters. The molecule has 13 nitrogen and oxygen atoms in total. The summed E-state index contributed by atoms with van der Waals surface area (Å²) in [6.07, 6.45) is 3.10. The van der Waals surface area contributed by atoms with Crippen LogP contribution in [-0.4, -0.2) is 66.5 Å². The molecule has 0 aliphatic heterocycles. The van der Waals surface area contributed by atoms with Crippen LogP contribution in [-0.2, 0) is 6.54 Å². The van der Waals surface area contributed by atoms with Gasteiger partial charge >= 0.3 is 5.97 Å².